The third kappa shape index (κ3) is 8.46. The third-order valence-electron chi connectivity index (χ3n) is 8.18. The quantitative estimate of drug-likeness (QED) is 0.155. The maximum Gasteiger partial charge on any atom is 0.493 e. The van der Waals surface area contributed by atoms with Crippen LogP contribution < -0.4 is 15.5 Å². The Hall–Kier alpha value is -4.86. The zero-order valence-electron chi connectivity index (χ0n) is 28.6. The lowest BCUT2D eigenvalue weighted by Crippen LogP contribution is -2.43. The predicted molar refractivity (Wildman–Crippen MR) is 176 cm³/mol. The van der Waals surface area contributed by atoms with Crippen LogP contribution >= 0.6 is 0 Å². The van der Waals surface area contributed by atoms with Crippen molar-refractivity contribution in [3.8, 4) is 11.3 Å². The van der Waals surface area contributed by atoms with Gasteiger partial charge in [-0.15, -0.1) is 0 Å². The van der Waals surface area contributed by atoms with Crippen molar-refractivity contribution in [3.63, 3.8) is 0 Å². The molecule has 0 spiro atoms. The number of carbonyl (C=O) groups excluding carboxylic acids is 3. The summed E-state index contributed by atoms with van der Waals surface area (Å²) in [4.78, 5) is 55.1. The number of halogens is 5. The number of amides is 3. The van der Waals surface area contributed by atoms with E-state index in [1.165, 1.54) is 32.0 Å². The number of alkyl halides is 3. The Morgan fingerprint density at radius 2 is 1.72 bits per heavy atom. The number of hydrogen-bond acceptors (Lipinski definition) is 8. The number of rotatable bonds is 12. The van der Waals surface area contributed by atoms with E-state index in [0.29, 0.717) is 22.6 Å². The third-order valence-corrected chi connectivity index (χ3v) is 8.18. The number of aromatic nitrogens is 2. The van der Waals surface area contributed by atoms with Crippen molar-refractivity contribution in [1.82, 2.24) is 25.2 Å². The van der Waals surface area contributed by atoms with E-state index in [4.69, 9.17) is 4.98 Å². The van der Waals surface area contributed by atoms with Gasteiger partial charge in [0, 0.05) is 22.7 Å². The Balaban J connectivity index is 1.84. The Labute approximate surface area is 286 Å². The normalized spacial score (nSPS) is 13.6. The number of anilines is 3. The van der Waals surface area contributed by atoms with Gasteiger partial charge in [-0.3, -0.25) is 4.79 Å². The van der Waals surface area contributed by atoms with Gasteiger partial charge >= 0.3 is 18.2 Å². The van der Waals surface area contributed by atoms with Crippen LogP contribution in [-0.4, -0.2) is 75.7 Å². The number of hydroxylamine groups is 2. The number of urea groups is 1. The topological polar surface area (TPSA) is 120 Å². The minimum absolute atomic E-state index is 0.0320. The average Bonchev–Trinajstić information content (AvgIpc) is 3.05. The van der Waals surface area contributed by atoms with E-state index in [9.17, 15) is 27.6 Å². The van der Waals surface area contributed by atoms with Crippen LogP contribution in [0.2, 0.25) is 0 Å². The van der Waals surface area contributed by atoms with Gasteiger partial charge in [-0.25, -0.2) is 28.3 Å². The van der Waals surface area contributed by atoms with E-state index in [1.807, 2.05) is 6.92 Å². The summed E-state index contributed by atoms with van der Waals surface area (Å²) < 4.78 is 69.3. The fraction of sp³-hybridized carbons (Fsp3) is 0.441. The fourth-order valence-electron chi connectivity index (χ4n) is 5.47. The zero-order valence-corrected chi connectivity index (χ0v) is 28.6. The van der Waals surface area contributed by atoms with Gasteiger partial charge in [0.15, 0.2) is 5.82 Å². The van der Waals surface area contributed by atoms with Crippen LogP contribution in [0.5, 0.6) is 0 Å². The highest BCUT2D eigenvalue weighted by Crippen LogP contribution is 2.39. The first-order valence-corrected chi connectivity index (χ1v) is 16.2. The first-order chi connectivity index (χ1) is 23.6. The Morgan fingerprint density at radius 1 is 1.06 bits per heavy atom. The van der Waals surface area contributed by atoms with Crippen LogP contribution in [0.4, 0.5) is 44.2 Å². The van der Waals surface area contributed by atoms with Gasteiger partial charge in [0.2, 0.25) is 5.95 Å². The van der Waals surface area contributed by atoms with Gasteiger partial charge in [-0.1, -0.05) is 26.0 Å². The highest BCUT2D eigenvalue weighted by Gasteiger charge is 2.44. The van der Waals surface area contributed by atoms with Crippen LogP contribution in [0.1, 0.15) is 68.9 Å². The smallest absolute Gasteiger partial charge is 0.352 e. The van der Waals surface area contributed by atoms with Gasteiger partial charge in [-0.05, 0) is 90.0 Å². The molecule has 11 nitrogen and oxygen atoms in total. The lowest BCUT2D eigenvalue weighted by Gasteiger charge is -2.31. The van der Waals surface area contributed by atoms with Gasteiger partial charge < -0.3 is 20.4 Å². The Kier molecular flexibility index (Phi) is 12.0. The van der Waals surface area contributed by atoms with Gasteiger partial charge in [0.25, 0.3) is 5.91 Å². The van der Waals surface area contributed by atoms with Crippen LogP contribution in [0, 0.1) is 18.6 Å². The monoisotopic (exact) mass is 705 g/mol. The number of carbonyl (C=O) groups is 3. The Morgan fingerprint density at radius 3 is 2.32 bits per heavy atom. The molecule has 0 aliphatic carbocycles. The molecule has 0 radical (unpaired) electrons. The molecule has 2 N–H and O–H groups in total. The number of fused-ring (bicyclic) bond motifs is 1. The lowest BCUT2D eigenvalue weighted by molar-refractivity contribution is -0.232. The SMILES string of the molecule is CCN(CC)CCCC(C)Nc1nc(-c2cc(C(=O)N(OC(=O)C(F)(F)F)C(C)C)ccc2C)c2c(n1)N(c1c(F)cccc1F)C(=O)NC2. The molecule has 1 atom stereocenters. The number of aryl methyl sites for hydroxylation is 1. The minimum atomic E-state index is -5.34. The summed E-state index contributed by atoms with van der Waals surface area (Å²) in [5.74, 6) is -5.71. The molecule has 4 rings (SSSR count). The summed E-state index contributed by atoms with van der Waals surface area (Å²) in [6.07, 6.45) is -3.79. The van der Waals surface area contributed by atoms with E-state index >= 15 is 8.78 Å². The minimum Gasteiger partial charge on any atom is -0.352 e. The van der Waals surface area contributed by atoms with Crippen molar-refractivity contribution in [3.05, 3.63) is 64.7 Å². The second-order valence-electron chi connectivity index (χ2n) is 12.1. The molecule has 1 aliphatic heterocycles. The maximum atomic E-state index is 15.1. The van der Waals surface area contributed by atoms with Crippen molar-refractivity contribution in [2.45, 2.75) is 79.2 Å². The molecule has 50 heavy (non-hydrogen) atoms. The summed E-state index contributed by atoms with van der Waals surface area (Å²) in [7, 11) is 0. The second kappa shape index (κ2) is 15.8. The summed E-state index contributed by atoms with van der Waals surface area (Å²) >= 11 is 0. The van der Waals surface area contributed by atoms with Gasteiger partial charge in [-0.2, -0.15) is 23.2 Å². The predicted octanol–water partition coefficient (Wildman–Crippen LogP) is 6.89. The van der Waals surface area contributed by atoms with Crippen LogP contribution in [-0.2, 0) is 16.2 Å². The summed E-state index contributed by atoms with van der Waals surface area (Å²) in [6.45, 7) is 13.0. The molecule has 1 aliphatic rings. The van der Waals surface area contributed by atoms with Crippen molar-refractivity contribution in [2.75, 3.05) is 29.9 Å². The van der Waals surface area contributed by atoms with E-state index in [1.54, 1.807) is 6.92 Å². The zero-order chi connectivity index (χ0) is 36.9. The molecular formula is C34H40F5N7O4. The first kappa shape index (κ1) is 38.0. The van der Waals surface area contributed by atoms with Crippen molar-refractivity contribution in [2.24, 2.45) is 0 Å². The second-order valence-corrected chi connectivity index (χ2v) is 12.1. The van der Waals surface area contributed by atoms with Crippen LogP contribution in [0.15, 0.2) is 36.4 Å². The lowest BCUT2D eigenvalue weighted by atomic mass is 9.97. The molecule has 270 valence electrons. The maximum absolute atomic E-state index is 15.1. The first-order valence-electron chi connectivity index (χ1n) is 16.2. The number of nitrogens with zero attached hydrogens (tertiary/aromatic N) is 5. The highest BCUT2D eigenvalue weighted by atomic mass is 19.4. The molecular weight excluding hydrogens is 665 g/mol. The van der Waals surface area contributed by atoms with Crippen LogP contribution in [0.3, 0.4) is 0 Å². The summed E-state index contributed by atoms with van der Waals surface area (Å²) in [5.41, 5.74) is 0.507. The summed E-state index contributed by atoms with van der Waals surface area (Å²) in [5, 5.41) is 6.15. The van der Waals surface area contributed by atoms with E-state index in [0.717, 1.165) is 49.2 Å². The number of para-hydroxylation sites is 1. The molecule has 1 aromatic heterocycles. The number of nitrogens with one attached hydrogen (secondary N) is 2. The summed E-state index contributed by atoms with van der Waals surface area (Å²) in [6, 6.07) is 5.42. The molecule has 0 saturated carbocycles. The largest absolute Gasteiger partial charge is 0.493 e. The van der Waals surface area contributed by atoms with Gasteiger partial charge in [0.05, 0.1) is 18.3 Å². The van der Waals surface area contributed by atoms with E-state index < -0.39 is 47.4 Å². The molecule has 3 aromatic rings. The molecule has 0 fully saturated rings. The molecule has 1 unspecified atom stereocenters. The van der Waals surface area contributed by atoms with Crippen molar-refractivity contribution in [1.29, 1.82) is 0 Å². The average molecular weight is 706 g/mol. The highest BCUT2D eigenvalue weighted by molar-refractivity contribution is 6.02. The molecule has 0 bridgehead atoms. The van der Waals surface area contributed by atoms with Crippen molar-refractivity contribution < 1.29 is 41.2 Å². The fourth-order valence-corrected chi connectivity index (χ4v) is 5.47. The number of benzene rings is 2. The van der Waals surface area contributed by atoms with Crippen LogP contribution in [0.25, 0.3) is 11.3 Å². The van der Waals surface area contributed by atoms with Crippen molar-refractivity contribution >= 4 is 35.4 Å². The molecule has 2 aromatic carbocycles. The standard InChI is InChI=1S/C34H40F5N7O4/c1-7-44(8-2)16-10-11-21(6)41-32-42-27(24-18-40-33(49)45(29(24)43-32)28-25(35)12-9-13-26(28)36)23-17-22(15-14-20(23)5)30(47)46(19(3)4)50-31(48)34(37,38)39/h9,12-15,17,19,21H,7-8,10-11,16,18H2,1-6H3,(H,40,49)(H,41,42,43). The molecule has 0 saturated heterocycles. The molecule has 16 heteroatoms. The van der Waals surface area contributed by atoms with Gasteiger partial charge in [0.1, 0.15) is 17.3 Å². The van der Waals surface area contributed by atoms with E-state index in [-0.39, 0.29) is 41.2 Å². The molecule has 3 amide bonds. The molecule has 2 heterocycles. The number of hydrogen-bond donors (Lipinski definition) is 2. The Bertz CT molecular complexity index is 1710. The van der Waals surface area contributed by atoms with E-state index in [2.05, 4.69) is 39.2 Å².